The molecule has 0 saturated carbocycles. The first-order valence-electron chi connectivity index (χ1n) is 22.8. The number of aliphatic hydroxyl groups is 2. The number of β-amino-alcohol motifs (C(OH)–C–C–N with tert-alkyl or cyclic N) is 1. The number of fused-ring (bicyclic) bond motifs is 6. The minimum absolute atomic E-state index is 0.0493. The Balaban J connectivity index is 1.32. The first-order valence-corrected chi connectivity index (χ1v) is 22.8. The first-order chi connectivity index (χ1) is 31.7. The molecule has 2 aromatic carbocycles. The second-order valence-corrected chi connectivity index (χ2v) is 19.3. The van der Waals surface area contributed by atoms with Gasteiger partial charge in [0.05, 0.1) is 25.5 Å². The van der Waals surface area contributed by atoms with E-state index in [0.717, 1.165) is 54.8 Å². The van der Waals surface area contributed by atoms with E-state index in [1.807, 2.05) is 44.3 Å². The van der Waals surface area contributed by atoms with Crippen LogP contribution in [0.25, 0.3) is 33.3 Å². The highest BCUT2D eigenvalue weighted by Crippen LogP contribution is 2.41. The molecule has 4 atom stereocenters. The lowest BCUT2D eigenvalue weighted by Gasteiger charge is -2.40. The minimum Gasteiger partial charge on any atom is -0.508 e. The number of aromatic nitrogens is 2. The van der Waals surface area contributed by atoms with Crippen LogP contribution in [-0.4, -0.2) is 133 Å². The van der Waals surface area contributed by atoms with Crippen LogP contribution in [0.2, 0.25) is 0 Å². The van der Waals surface area contributed by atoms with Crippen LogP contribution in [0.5, 0.6) is 5.75 Å². The minimum atomic E-state index is -2.30. The topological polar surface area (TPSA) is 216 Å². The van der Waals surface area contributed by atoms with Crippen LogP contribution in [-0.2, 0) is 59.4 Å². The number of aryl methyl sites for hydroxylation is 1. The van der Waals surface area contributed by atoms with Gasteiger partial charge in [-0.3, -0.25) is 29.2 Å². The molecule has 67 heavy (non-hydrogen) atoms. The lowest BCUT2D eigenvalue weighted by atomic mass is 9.84. The molecular weight excluding hydrogens is 859 g/mol. The number of esters is 1. The molecule has 5 N–H and O–H groups in total. The van der Waals surface area contributed by atoms with Gasteiger partial charge < -0.3 is 44.5 Å². The molecule has 358 valence electrons. The Bertz CT molecular complexity index is 2590. The molecule has 2 saturated heterocycles. The largest absolute Gasteiger partial charge is 0.508 e. The van der Waals surface area contributed by atoms with Crippen LogP contribution < -0.4 is 10.7 Å². The number of hydrogen-bond donors (Lipinski definition) is 5. The number of nitrogens with one attached hydrogen (secondary N) is 2. The molecule has 4 amide bonds. The number of carbonyl (C=O) groups is 5. The summed E-state index contributed by atoms with van der Waals surface area (Å²) in [4.78, 5) is 76.5. The van der Waals surface area contributed by atoms with Crippen molar-refractivity contribution < 1.29 is 48.8 Å². The van der Waals surface area contributed by atoms with E-state index in [1.165, 1.54) is 18.0 Å². The van der Waals surface area contributed by atoms with Crippen molar-refractivity contribution in [3.8, 4) is 28.1 Å². The molecule has 5 heterocycles. The molecule has 0 aliphatic carbocycles. The monoisotopic (exact) mass is 921 g/mol. The number of likely N-dealkylation sites (N-methyl/N-ethyl adjacent to an activating group) is 1. The van der Waals surface area contributed by atoms with Gasteiger partial charge in [-0.2, -0.15) is 5.43 Å². The molecule has 2 aromatic heterocycles. The smallest absolute Gasteiger partial charge is 0.355 e. The van der Waals surface area contributed by atoms with Crippen molar-refractivity contribution in [1.82, 2.24) is 35.1 Å². The molecule has 4 aromatic rings. The summed E-state index contributed by atoms with van der Waals surface area (Å²) in [5.41, 5.74) is 4.37. The van der Waals surface area contributed by atoms with Crippen LogP contribution in [0.3, 0.4) is 0 Å². The quantitative estimate of drug-likeness (QED) is 0.113. The van der Waals surface area contributed by atoms with Gasteiger partial charge in [0.1, 0.15) is 17.8 Å². The predicted octanol–water partition coefficient (Wildman–Crippen LogP) is 3.84. The third-order valence-corrected chi connectivity index (χ3v) is 13.2. The number of hydrogen-bond acceptors (Lipinski definition) is 12. The molecular formula is C50H63N7O10. The van der Waals surface area contributed by atoms with Crippen molar-refractivity contribution in [2.45, 2.75) is 103 Å². The van der Waals surface area contributed by atoms with Crippen LogP contribution in [0.4, 0.5) is 0 Å². The average molecular weight is 922 g/mol. The van der Waals surface area contributed by atoms with E-state index in [2.05, 4.69) is 39.9 Å². The maximum atomic E-state index is 14.7. The Morgan fingerprint density at radius 3 is 2.55 bits per heavy atom. The van der Waals surface area contributed by atoms with E-state index < -0.39 is 64.3 Å². The summed E-state index contributed by atoms with van der Waals surface area (Å²) < 4.78 is 13.8. The van der Waals surface area contributed by atoms with E-state index >= 15 is 0 Å². The molecule has 2 fully saturated rings. The number of carbonyl (C=O) groups excluding carboxylic acids is 5. The van der Waals surface area contributed by atoms with Crippen LogP contribution >= 0.6 is 0 Å². The van der Waals surface area contributed by atoms with E-state index in [9.17, 15) is 39.3 Å². The Labute approximate surface area is 390 Å². The van der Waals surface area contributed by atoms with Gasteiger partial charge in [0.25, 0.3) is 11.8 Å². The summed E-state index contributed by atoms with van der Waals surface area (Å²) >= 11 is 0. The van der Waals surface area contributed by atoms with Gasteiger partial charge in [-0.1, -0.05) is 46.4 Å². The van der Waals surface area contributed by atoms with Gasteiger partial charge in [-0.05, 0) is 89.9 Å². The molecule has 0 radical (unpaired) electrons. The molecule has 6 bridgehead atoms. The number of nitrogens with zero attached hydrogens (tertiary/aromatic N) is 5. The van der Waals surface area contributed by atoms with Gasteiger partial charge in [-0.25, -0.2) is 4.79 Å². The number of likely N-dealkylation sites (tertiary alicyclic amines) is 1. The van der Waals surface area contributed by atoms with Crippen molar-refractivity contribution in [2.24, 2.45) is 11.3 Å². The van der Waals surface area contributed by atoms with E-state index in [4.69, 9.17) is 9.47 Å². The second kappa shape index (κ2) is 19.2. The number of amides is 4. The van der Waals surface area contributed by atoms with Gasteiger partial charge in [-0.15, -0.1) is 0 Å². The van der Waals surface area contributed by atoms with E-state index in [0.29, 0.717) is 30.7 Å². The SMILES string of the molecule is C=CC(=O)N1CC[C@](O)(C(=O)N(C)[C@H](C(=O)N[C@H]2Cc3cc(O)cc(c3)-c3ccc4c(c3)c(c(-c3cnccc3COC)n4CC)CC(C)(C)COC(=O)[C@@]3(O)CCCN(N3)C2=O)C(C)C)C1. The summed E-state index contributed by atoms with van der Waals surface area (Å²) in [6.07, 6.45) is 5.05. The highest BCUT2D eigenvalue weighted by atomic mass is 16.6. The Morgan fingerprint density at radius 2 is 1.85 bits per heavy atom. The van der Waals surface area contributed by atoms with Crippen LogP contribution in [0, 0.1) is 11.3 Å². The van der Waals surface area contributed by atoms with Crippen molar-refractivity contribution >= 4 is 40.5 Å². The normalized spacial score (nSPS) is 22.6. The first kappa shape index (κ1) is 48.8. The number of pyridine rings is 1. The van der Waals surface area contributed by atoms with Crippen molar-refractivity contribution in [3.63, 3.8) is 0 Å². The number of methoxy groups -OCH3 is 1. The standard InChI is InChI=1S/C50H63N7O10/c1-9-41(59)55-19-16-49(64,28-55)46(62)54(7)42(30(3)4)44(60)52-39-22-31-20-34(23-35(58)21-31)32-12-13-40-36(24-32)37(43(56(40)10-2)38-26-51-17-14-33(38)27-66-8)25-48(5,6)29-67-47(63)50(65)15-11-18-57(53-50)45(39)61/h9,12-14,17,20-21,23-24,26,30,39,42,53,58,64-65H,1,10-11,15-16,18-19,22,25,27-29H2,2-8H3,(H,52,60)/t39-,42-,49+,50-/m0/s1. The van der Waals surface area contributed by atoms with E-state index in [-0.39, 0.29) is 57.7 Å². The molecule has 0 spiro atoms. The van der Waals surface area contributed by atoms with Crippen LogP contribution in [0.1, 0.15) is 70.6 Å². The van der Waals surface area contributed by atoms with Crippen molar-refractivity contribution in [2.75, 3.05) is 40.4 Å². The van der Waals surface area contributed by atoms with Gasteiger partial charge >= 0.3 is 5.97 Å². The lowest BCUT2D eigenvalue weighted by molar-refractivity contribution is -0.189. The molecule has 3 aliphatic heterocycles. The Morgan fingerprint density at radius 1 is 1.09 bits per heavy atom. The van der Waals surface area contributed by atoms with Crippen molar-refractivity contribution in [1.29, 1.82) is 0 Å². The Kier molecular flexibility index (Phi) is 14.0. The average Bonchev–Trinajstić information content (AvgIpc) is 3.84. The molecule has 3 aliphatic rings. The summed E-state index contributed by atoms with van der Waals surface area (Å²) in [5.74, 6) is -4.18. The van der Waals surface area contributed by atoms with Gasteiger partial charge in [0.2, 0.25) is 17.5 Å². The number of aromatic hydroxyl groups is 1. The fourth-order valence-electron chi connectivity index (χ4n) is 9.89. The number of rotatable bonds is 10. The third-order valence-electron chi connectivity index (χ3n) is 13.2. The van der Waals surface area contributed by atoms with Gasteiger partial charge in [0, 0.05) is 87.3 Å². The fourth-order valence-corrected chi connectivity index (χ4v) is 9.89. The molecule has 0 unspecified atom stereocenters. The van der Waals surface area contributed by atoms with Gasteiger partial charge in [0.15, 0.2) is 5.60 Å². The second-order valence-electron chi connectivity index (χ2n) is 19.3. The lowest BCUT2D eigenvalue weighted by Crippen LogP contribution is -2.67. The predicted molar refractivity (Wildman–Crippen MR) is 250 cm³/mol. The maximum Gasteiger partial charge on any atom is 0.355 e. The van der Waals surface area contributed by atoms with Crippen molar-refractivity contribution in [3.05, 3.63) is 84.2 Å². The number of ether oxygens (including phenoxy) is 2. The maximum absolute atomic E-state index is 14.7. The summed E-state index contributed by atoms with van der Waals surface area (Å²) in [6, 6.07) is 10.4. The summed E-state index contributed by atoms with van der Waals surface area (Å²) in [6.45, 7) is 13.7. The summed E-state index contributed by atoms with van der Waals surface area (Å²) in [5, 5.41) is 39.5. The number of benzene rings is 2. The number of cyclic esters (lactones) is 1. The molecule has 17 nitrogen and oxygen atoms in total. The Hall–Kier alpha value is -6.14. The molecule has 7 rings (SSSR count). The third kappa shape index (κ3) is 9.82. The van der Waals surface area contributed by atoms with E-state index in [1.54, 1.807) is 33.2 Å². The fraction of sp³-hybridized carbons (Fsp3) is 0.480. The summed E-state index contributed by atoms with van der Waals surface area (Å²) in [7, 11) is 3.04. The highest BCUT2D eigenvalue weighted by molar-refractivity contribution is 5.97. The zero-order chi connectivity index (χ0) is 48.6. The number of phenolic OH excluding ortho intramolecular Hbond substituents is 1. The number of phenols is 1. The highest BCUT2D eigenvalue weighted by Gasteiger charge is 2.49. The number of hydrazine groups is 1. The zero-order valence-electron chi connectivity index (χ0n) is 39.4. The van der Waals surface area contributed by atoms with Crippen LogP contribution in [0.15, 0.2) is 67.5 Å². The zero-order valence-corrected chi connectivity index (χ0v) is 39.4. The molecule has 17 heteroatoms.